The van der Waals surface area contributed by atoms with Gasteiger partial charge in [0.15, 0.2) is 0 Å². The first-order valence-corrected chi connectivity index (χ1v) is 6.60. The van der Waals surface area contributed by atoms with Crippen LogP contribution in [0.25, 0.3) is 0 Å². The summed E-state index contributed by atoms with van der Waals surface area (Å²) in [5.41, 5.74) is 5.73. The number of nitrogens with two attached hydrogens (primary N) is 1. The maximum atomic E-state index is 12.4. The molecule has 18 heavy (non-hydrogen) atoms. The van der Waals surface area contributed by atoms with Crippen molar-refractivity contribution in [2.75, 3.05) is 13.1 Å². The fraction of sp³-hybridized carbons (Fsp3) is 0.692. The van der Waals surface area contributed by atoms with Crippen LogP contribution in [0, 0.1) is 11.8 Å². The van der Waals surface area contributed by atoms with Crippen LogP contribution in [-0.4, -0.2) is 33.4 Å². The fourth-order valence-corrected chi connectivity index (χ4v) is 2.49. The SMILES string of the molecule is CC(C)CC(CN)C(=O)N1CCn2ccnc2C1. The Morgan fingerprint density at radius 3 is 2.94 bits per heavy atom. The zero-order valence-corrected chi connectivity index (χ0v) is 11.2. The first-order valence-electron chi connectivity index (χ1n) is 6.60. The van der Waals surface area contributed by atoms with Gasteiger partial charge in [-0.05, 0) is 12.3 Å². The van der Waals surface area contributed by atoms with Crippen LogP contribution in [0.3, 0.4) is 0 Å². The Morgan fingerprint density at radius 2 is 2.28 bits per heavy atom. The molecule has 0 aliphatic carbocycles. The molecule has 2 N–H and O–H groups in total. The molecule has 2 rings (SSSR count). The van der Waals surface area contributed by atoms with Gasteiger partial charge in [-0.3, -0.25) is 4.79 Å². The zero-order chi connectivity index (χ0) is 13.1. The molecule has 0 saturated carbocycles. The maximum Gasteiger partial charge on any atom is 0.227 e. The van der Waals surface area contributed by atoms with E-state index < -0.39 is 0 Å². The fourth-order valence-electron chi connectivity index (χ4n) is 2.49. The molecule has 2 heterocycles. The molecule has 1 aliphatic heterocycles. The van der Waals surface area contributed by atoms with E-state index in [1.807, 2.05) is 11.1 Å². The van der Waals surface area contributed by atoms with Crippen LogP contribution in [-0.2, 0) is 17.9 Å². The predicted octanol–water partition coefficient (Wildman–Crippen LogP) is 0.846. The molecule has 0 bridgehead atoms. The summed E-state index contributed by atoms with van der Waals surface area (Å²) in [5, 5.41) is 0. The molecule has 0 fully saturated rings. The minimum Gasteiger partial charge on any atom is -0.333 e. The number of imidazole rings is 1. The number of hydrogen-bond donors (Lipinski definition) is 1. The third kappa shape index (κ3) is 2.72. The smallest absolute Gasteiger partial charge is 0.227 e. The summed E-state index contributed by atoms with van der Waals surface area (Å²) in [6.07, 6.45) is 4.61. The number of aromatic nitrogens is 2. The quantitative estimate of drug-likeness (QED) is 0.861. The van der Waals surface area contributed by atoms with Crippen molar-refractivity contribution in [3.63, 3.8) is 0 Å². The normalized spacial score (nSPS) is 16.8. The summed E-state index contributed by atoms with van der Waals surface area (Å²) < 4.78 is 2.10. The number of amides is 1. The van der Waals surface area contributed by atoms with Crippen molar-refractivity contribution in [1.29, 1.82) is 0 Å². The molecule has 1 unspecified atom stereocenters. The second-order valence-corrected chi connectivity index (χ2v) is 5.36. The zero-order valence-electron chi connectivity index (χ0n) is 11.2. The molecule has 1 atom stereocenters. The number of rotatable bonds is 4. The monoisotopic (exact) mass is 250 g/mol. The number of fused-ring (bicyclic) bond motifs is 1. The van der Waals surface area contributed by atoms with E-state index in [0.29, 0.717) is 19.0 Å². The second-order valence-electron chi connectivity index (χ2n) is 5.36. The highest BCUT2D eigenvalue weighted by atomic mass is 16.2. The summed E-state index contributed by atoms with van der Waals surface area (Å²) >= 11 is 0. The van der Waals surface area contributed by atoms with Gasteiger partial charge in [0.05, 0.1) is 12.5 Å². The number of carbonyl (C=O) groups is 1. The third-order valence-corrected chi connectivity index (χ3v) is 3.45. The van der Waals surface area contributed by atoms with E-state index in [0.717, 1.165) is 25.3 Å². The molecule has 1 amide bonds. The Hall–Kier alpha value is -1.36. The van der Waals surface area contributed by atoms with E-state index in [-0.39, 0.29) is 11.8 Å². The van der Waals surface area contributed by atoms with Crippen LogP contribution >= 0.6 is 0 Å². The first kappa shape index (κ1) is 13.1. The van der Waals surface area contributed by atoms with Crippen LogP contribution in [0.4, 0.5) is 0 Å². The van der Waals surface area contributed by atoms with Crippen molar-refractivity contribution in [3.8, 4) is 0 Å². The van der Waals surface area contributed by atoms with Crippen molar-refractivity contribution in [1.82, 2.24) is 14.5 Å². The maximum absolute atomic E-state index is 12.4. The van der Waals surface area contributed by atoms with E-state index in [9.17, 15) is 4.79 Å². The number of nitrogens with zero attached hydrogens (tertiary/aromatic N) is 3. The molecule has 1 aromatic rings. The summed E-state index contributed by atoms with van der Waals surface area (Å²) in [7, 11) is 0. The molecular weight excluding hydrogens is 228 g/mol. The van der Waals surface area contributed by atoms with E-state index in [4.69, 9.17) is 5.73 Å². The van der Waals surface area contributed by atoms with Gasteiger partial charge in [0, 0.05) is 32.0 Å². The second kappa shape index (κ2) is 5.52. The van der Waals surface area contributed by atoms with E-state index in [2.05, 4.69) is 23.4 Å². The van der Waals surface area contributed by atoms with Crippen molar-refractivity contribution in [2.24, 2.45) is 17.6 Å². The van der Waals surface area contributed by atoms with Gasteiger partial charge >= 0.3 is 0 Å². The molecule has 5 nitrogen and oxygen atoms in total. The molecule has 1 aromatic heterocycles. The van der Waals surface area contributed by atoms with Crippen LogP contribution in [0.15, 0.2) is 12.4 Å². The molecule has 0 aromatic carbocycles. The Balaban J connectivity index is 2.01. The average Bonchev–Trinajstić information content (AvgIpc) is 2.81. The van der Waals surface area contributed by atoms with Crippen molar-refractivity contribution < 1.29 is 4.79 Å². The minimum atomic E-state index is -0.0495. The lowest BCUT2D eigenvalue weighted by molar-refractivity contribution is -0.137. The largest absolute Gasteiger partial charge is 0.333 e. The standard InChI is InChI=1S/C13H22N4O/c1-10(2)7-11(8-14)13(18)17-6-5-16-4-3-15-12(16)9-17/h3-4,10-11H,5-9,14H2,1-2H3. The number of hydrogen-bond acceptors (Lipinski definition) is 3. The Labute approximate surface area is 108 Å². The minimum absolute atomic E-state index is 0.0495. The summed E-state index contributed by atoms with van der Waals surface area (Å²) in [6.45, 7) is 6.89. The van der Waals surface area contributed by atoms with Gasteiger partial charge in [0.25, 0.3) is 0 Å². The highest BCUT2D eigenvalue weighted by Gasteiger charge is 2.27. The average molecular weight is 250 g/mol. The Kier molecular flexibility index (Phi) is 4.01. The highest BCUT2D eigenvalue weighted by Crippen LogP contribution is 2.17. The molecule has 0 saturated heterocycles. The van der Waals surface area contributed by atoms with Crippen molar-refractivity contribution >= 4 is 5.91 Å². The summed E-state index contributed by atoms with van der Waals surface area (Å²) in [4.78, 5) is 18.6. The van der Waals surface area contributed by atoms with Crippen molar-refractivity contribution in [2.45, 2.75) is 33.4 Å². The number of carbonyl (C=O) groups excluding carboxylic acids is 1. The topological polar surface area (TPSA) is 64.2 Å². The first-order chi connectivity index (χ1) is 8.61. The summed E-state index contributed by atoms with van der Waals surface area (Å²) in [5.74, 6) is 1.59. The molecule has 0 spiro atoms. The summed E-state index contributed by atoms with van der Waals surface area (Å²) in [6, 6.07) is 0. The Morgan fingerprint density at radius 1 is 1.50 bits per heavy atom. The van der Waals surface area contributed by atoms with Crippen molar-refractivity contribution in [3.05, 3.63) is 18.2 Å². The highest BCUT2D eigenvalue weighted by molar-refractivity contribution is 5.79. The molecule has 0 radical (unpaired) electrons. The van der Waals surface area contributed by atoms with Gasteiger partial charge in [-0.1, -0.05) is 13.8 Å². The molecule has 1 aliphatic rings. The van der Waals surface area contributed by atoms with E-state index >= 15 is 0 Å². The van der Waals surface area contributed by atoms with Crippen LogP contribution < -0.4 is 5.73 Å². The molecule has 5 heteroatoms. The van der Waals surface area contributed by atoms with Crippen LogP contribution in [0.5, 0.6) is 0 Å². The van der Waals surface area contributed by atoms with Gasteiger partial charge in [0.1, 0.15) is 5.82 Å². The van der Waals surface area contributed by atoms with Crippen LogP contribution in [0.1, 0.15) is 26.1 Å². The lowest BCUT2D eigenvalue weighted by Gasteiger charge is -2.31. The van der Waals surface area contributed by atoms with E-state index in [1.165, 1.54) is 0 Å². The predicted molar refractivity (Wildman–Crippen MR) is 69.6 cm³/mol. The van der Waals surface area contributed by atoms with Gasteiger partial charge in [-0.2, -0.15) is 0 Å². The lowest BCUT2D eigenvalue weighted by Crippen LogP contribution is -2.43. The Bertz CT molecular complexity index is 413. The molecule has 100 valence electrons. The van der Waals surface area contributed by atoms with Gasteiger partial charge < -0.3 is 15.2 Å². The third-order valence-electron chi connectivity index (χ3n) is 3.45. The lowest BCUT2D eigenvalue weighted by atomic mass is 9.95. The van der Waals surface area contributed by atoms with Crippen LogP contribution in [0.2, 0.25) is 0 Å². The van der Waals surface area contributed by atoms with Gasteiger partial charge in [-0.15, -0.1) is 0 Å². The van der Waals surface area contributed by atoms with Gasteiger partial charge in [0.2, 0.25) is 5.91 Å². The van der Waals surface area contributed by atoms with E-state index in [1.54, 1.807) is 6.20 Å². The molecular formula is C13H22N4O. The van der Waals surface area contributed by atoms with Gasteiger partial charge in [-0.25, -0.2) is 4.98 Å².